The molecule has 2 aromatic carbocycles. The third kappa shape index (κ3) is 6.67. The van der Waals surface area contributed by atoms with Crippen molar-refractivity contribution < 1.29 is 22.8 Å². The van der Waals surface area contributed by atoms with E-state index in [4.69, 9.17) is 5.26 Å². The molecule has 0 fully saturated rings. The van der Waals surface area contributed by atoms with E-state index in [1.807, 2.05) is 11.4 Å². The summed E-state index contributed by atoms with van der Waals surface area (Å²) in [6.45, 7) is -1.43. The maximum Gasteiger partial charge on any atom is 0.405 e. The van der Waals surface area contributed by atoms with Gasteiger partial charge in [-0.05, 0) is 30.3 Å². The molecule has 0 aliphatic carbocycles. The van der Waals surface area contributed by atoms with Crippen LogP contribution in [-0.4, -0.2) is 30.3 Å². The van der Waals surface area contributed by atoms with Crippen molar-refractivity contribution in [1.82, 2.24) is 5.32 Å². The van der Waals surface area contributed by atoms with Crippen molar-refractivity contribution in [2.75, 3.05) is 17.6 Å². The normalized spacial score (nSPS) is 10.7. The smallest absolute Gasteiger partial charge is 0.343 e. The average Bonchev–Trinajstić information content (AvgIpc) is 2.64. The van der Waals surface area contributed by atoms with Gasteiger partial charge < -0.3 is 10.6 Å². The molecule has 0 heterocycles. The minimum atomic E-state index is -4.50. The summed E-state index contributed by atoms with van der Waals surface area (Å²) in [6, 6.07) is 14.4. The first-order valence-electron chi connectivity index (χ1n) is 7.65. The number of nitrogens with one attached hydrogen (secondary N) is 2. The van der Waals surface area contributed by atoms with E-state index in [1.165, 1.54) is 18.2 Å². The highest BCUT2D eigenvalue weighted by molar-refractivity contribution is 8.00. The second-order valence-corrected chi connectivity index (χ2v) is 6.34. The molecular formula is C18H14F3N3O2S. The van der Waals surface area contributed by atoms with Crippen molar-refractivity contribution in [3.8, 4) is 6.07 Å². The van der Waals surface area contributed by atoms with E-state index in [-0.39, 0.29) is 17.2 Å². The maximum absolute atomic E-state index is 12.3. The van der Waals surface area contributed by atoms with Gasteiger partial charge in [0.2, 0.25) is 5.91 Å². The molecule has 0 saturated heterocycles. The summed E-state index contributed by atoms with van der Waals surface area (Å²) in [5.41, 5.74) is 0.911. The van der Waals surface area contributed by atoms with Gasteiger partial charge in [0.15, 0.2) is 0 Å². The number of amides is 2. The molecule has 0 aliphatic heterocycles. The van der Waals surface area contributed by atoms with Crippen molar-refractivity contribution in [1.29, 1.82) is 5.26 Å². The molecule has 0 atom stereocenters. The number of benzene rings is 2. The average molecular weight is 393 g/mol. The minimum absolute atomic E-state index is 0.0552. The highest BCUT2D eigenvalue weighted by atomic mass is 32.2. The number of rotatable bonds is 6. The second-order valence-electron chi connectivity index (χ2n) is 5.32. The van der Waals surface area contributed by atoms with Gasteiger partial charge in [0.05, 0.1) is 22.9 Å². The van der Waals surface area contributed by atoms with Gasteiger partial charge in [0, 0.05) is 10.6 Å². The van der Waals surface area contributed by atoms with Crippen LogP contribution in [0.25, 0.3) is 0 Å². The van der Waals surface area contributed by atoms with Crippen LogP contribution in [0.2, 0.25) is 0 Å². The molecule has 0 saturated carbocycles. The molecule has 2 aromatic rings. The van der Waals surface area contributed by atoms with Crippen LogP contribution in [0, 0.1) is 11.3 Å². The summed E-state index contributed by atoms with van der Waals surface area (Å²) in [5, 5.41) is 13.3. The monoisotopic (exact) mass is 393 g/mol. The lowest BCUT2D eigenvalue weighted by molar-refractivity contribution is -0.123. The SMILES string of the molecule is N#Cc1cccc(NC(=O)CSc2ccccc2C(=O)NCC(F)(F)F)c1. The number of hydrogen-bond acceptors (Lipinski definition) is 4. The first-order chi connectivity index (χ1) is 12.8. The van der Waals surface area contributed by atoms with Crippen LogP contribution in [0.1, 0.15) is 15.9 Å². The fourth-order valence-corrected chi connectivity index (χ4v) is 2.91. The van der Waals surface area contributed by atoms with Crippen molar-refractivity contribution in [2.24, 2.45) is 0 Å². The van der Waals surface area contributed by atoms with Gasteiger partial charge in [0.1, 0.15) is 6.54 Å². The quantitative estimate of drug-likeness (QED) is 0.735. The zero-order valence-electron chi connectivity index (χ0n) is 13.8. The number of hydrogen-bond donors (Lipinski definition) is 2. The lowest BCUT2D eigenvalue weighted by atomic mass is 10.2. The Kier molecular flexibility index (Phi) is 6.85. The molecule has 0 radical (unpaired) electrons. The molecule has 0 spiro atoms. The Labute approximate surface area is 157 Å². The highest BCUT2D eigenvalue weighted by Gasteiger charge is 2.28. The molecule has 0 bridgehead atoms. The van der Waals surface area contributed by atoms with E-state index < -0.39 is 18.6 Å². The highest BCUT2D eigenvalue weighted by Crippen LogP contribution is 2.23. The van der Waals surface area contributed by atoms with E-state index in [1.54, 1.807) is 30.3 Å². The van der Waals surface area contributed by atoms with Gasteiger partial charge in [-0.15, -0.1) is 11.8 Å². The van der Waals surface area contributed by atoms with Crippen LogP contribution in [0.4, 0.5) is 18.9 Å². The van der Waals surface area contributed by atoms with Crippen LogP contribution >= 0.6 is 11.8 Å². The van der Waals surface area contributed by atoms with Gasteiger partial charge in [-0.25, -0.2) is 0 Å². The maximum atomic E-state index is 12.3. The fraction of sp³-hybridized carbons (Fsp3) is 0.167. The Balaban J connectivity index is 1.98. The Morgan fingerprint density at radius 1 is 1.11 bits per heavy atom. The van der Waals surface area contributed by atoms with Gasteiger partial charge in [0.25, 0.3) is 5.91 Å². The molecule has 0 aromatic heterocycles. The molecule has 140 valence electrons. The van der Waals surface area contributed by atoms with Crippen molar-refractivity contribution >= 4 is 29.3 Å². The van der Waals surface area contributed by atoms with Crippen LogP contribution in [0.15, 0.2) is 53.4 Å². The molecule has 9 heteroatoms. The summed E-state index contributed by atoms with van der Waals surface area (Å²) >= 11 is 1.03. The van der Waals surface area contributed by atoms with Crippen molar-refractivity contribution in [2.45, 2.75) is 11.1 Å². The summed E-state index contributed by atoms with van der Waals surface area (Å²) in [5.74, 6) is -1.29. The van der Waals surface area contributed by atoms with Crippen LogP contribution in [0.5, 0.6) is 0 Å². The first kappa shape index (κ1) is 20.3. The largest absolute Gasteiger partial charge is 0.405 e. The number of carbonyl (C=O) groups is 2. The lowest BCUT2D eigenvalue weighted by Crippen LogP contribution is -2.34. The van der Waals surface area contributed by atoms with E-state index in [0.29, 0.717) is 16.1 Å². The first-order valence-corrected chi connectivity index (χ1v) is 8.64. The minimum Gasteiger partial charge on any atom is -0.343 e. The Morgan fingerprint density at radius 3 is 2.56 bits per heavy atom. The molecular weight excluding hydrogens is 379 g/mol. The van der Waals surface area contributed by atoms with E-state index >= 15 is 0 Å². The predicted molar refractivity (Wildman–Crippen MR) is 95.3 cm³/mol. The van der Waals surface area contributed by atoms with Crippen LogP contribution < -0.4 is 10.6 Å². The zero-order valence-corrected chi connectivity index (χ0v) is 14.7. The fourth-order valence-electron chi connectivity index (χ4n) is 2.06. The third-order valence-electron chi connectivity index (χ3n) is 3.22. The number of anilines is 1. The number of alkyl halides is 3. The topological polar surface area (TPSA) is 82.0 Å². The molecule has 0 unspecified atom stereocenters. The third-order valence-corrected chi connectivity index (χ3v) is 4.29. The second kappa shape index (κ2) is 9.09. The lowest BCUT2D eigenvalue weighted by Gasteiger charge is -2.11. The number of halogens is 3. The van der Waals surface area contributed by atoms with Gasteiger partial charge in [-0.2, -0.15) is 18.4 Å². The molecule has 5 nitrogen and oxygen atoms in total. The Morgan fingerprint density at radius 2 is 1.85 bits per heavy atom. The molecule has 27 heavy (non-hydrogen) atoms. The summed E-state index contributed by atoms with van der Waals surface area (Å²) in [4.78, 5) is 24.4. The number of nitrogens with zero attached hydrogens (tertiary/aromatic N) is 1. The molecule has 2 N–H and O–H groups in total. The van der Waals surface area contributed by atoms with E-state index in [2.05, 4.69) is 5.32 Å². The van der Waals surface area contributed by atoms with Gasteiger partial charge in [-0.1, -0.05) is 18.2 Å². The summed E-state index contributed by atoms with van der Waals surface area (Å²) in [6.07, 6.45) is -4.50. The Hall–Kier alpha value is -2.99. The van der Waals surface area contributed by atoms with E-state index in [0.717, 1.165) is 11.8 Å². The summed E-state index contributed by atoms with van der Waals surface area (Å²) in [7, 11) is 0. The van der Waals surface area contributed by atoms with Crippen molar-refractivity contribution in [3.05, 3.63) is 59.7 Å². The number of carbonyl (C=O) groups excluding carboxylic acids is 2. The van der Waals surface area contributed by atoms with E-state index in [9.17, 15) is 22.8 Å². The van der Waals surface area contributed by atoms with Crippen LogP contribution in [0.3, 0.4) is 0 Å². The van der Waals surface area contributed by atoms with Crippen LogP contribution in [-0.2, 0) is 4.79 Å². The van der Waals surface area contributed by atoms with Crippen molar-refractivity contribution in [3.63, 3.8) is 0 Å². The standard InChI is InChI=1S/C18H14F3N3O2S/c19-18(20,21)11-23-17(26)14-6-1-2-7-15(14)27-10-16(25)24-13-5-3-4-12(8-13)9-22/h1-8H,10-11H2,(H,23,26)(H,24,25). The summed E-state index contributed by atoms with van der Waals surface area (Å²) < 4.78 is 36.8. The molecule has 2 amide bonds. The number of nitriles is 1. The van der Waals surface area contributed by atoms with Gasteiger partial charge >= 0.3 is 6.18 Å². The number of thioether (sulfide) groups is 1. The zero-order chi connectivity index (χ0) is 19.9. The molecule has 0 aliphatic rings. The van der Waals surface area contributed by atoms with Gasteiger partial charge in [-0.3, -0.25) is 9.59 Å². The molecule has 2 rings (SSSR count). The predicted octanol–water partition coefficient (Wildman–Crippen LogP) is 3.58. The Bertz CT molecular complexity index is 879.